The molecule has 7 heteroatoms. The summed E-state index contributed by atoms with van der Waals surface area (Å²) in [5.41, 5.74) is 3.04. The van der Waals surface area contributed by atoms with Crippen molar-refractivity contribution in [3.63, 3.8) is 0 Å². The summed E-state index contributed by atoms with van der Waals surface area (Å²) in [5.74, 6) is 1.51. The van der Waals surface area contributed by atoms with Gasteiger partial charge in [0.05, 0.1) is 24.9 Å². The zero-order valence-corrected chi connectivity index (χ0v) is 20.0. The van der Waals surface area contributed by atoms with Crippen LogP contribution in [0.5, 0.6) is 11.5 Å². The minimum absolute atomic E-state index is 0.0583. The van der Waals surface area contributed by atoms with Gasteiger partial charge >= 0.3 is 6.03 Å². The van der Waals surface area contributed by atoms with E-state index in [4.69, 9.17) is 21.1 Å². The monoisotopic (exact) mass is 457 g/mol. The van der Waals surface area contributed by atoms with Gasteiger partial charge in [-0.25, -0.2) is 4.79 Å². The predicted octanol–water partition coefficient (Wildman–Crippen LogP) is 4.98. The molecular formula is C25H32ClN3O3. The van der Waals surface area contributed by atoms with Crippen LogP contribution in [0.25, 0.3) is 0 Å². The number of amides is 2. The largest absolute Gasteiger partial charge is 0.493 e. The quantitative estimate of drug-likeness (QED) is 0.664. The summed E-state index contributed by atoms with van der Waals surface area (Å²) in [6.07, 6.45) is 3.93. The highest BCUT2D eigenvalue weighted by atomic mass is 35.5. The Morgan fingerprint density at radius 3 is 2.66 bits per heavy atom. The van der Waals surface area contributed by atoms with E-state index < -0.39 is 0 Å². The maximum Gasteiger partial charge on any atom is 0.319 e. The van der Waals surface area contributed by atoms with E-state index in [0.717, 1.165) is 49.3 Å². The molecule has 2 fully saturated rings. The summed E-state index contributed by atoms with van der Waals surface area (Å²) in [6.45, 7) is 3.01. The predicted molar refractivity (Wildman–Crippen MR) is 128 cm³/mol. The summed E-state index contributed by atoms with van der Waals surface area (Å²) in [4.78, 5) is 15.1. The first kappa shape index (κ1) is 22.7. The Bertz CT molecular complexity index is 998. The van der Waals surface area contributed by atoms with Crippen LogP contribution in [-0.4, -0.2) is 50.8 Å². The van der Waals surface area contributed by atoms with Crippen molar-refractivity contribution in [1.82, 2.24) is 10.2 Å². The van der Waals surface area contributed by atoms with Crippen molar-refractivity contribution in [2.45, 2.75) is 50.1 Å². The van der Waals surface area contributed by atoms with E-state index in [1.807, 2.05) is 25.1 Å². The summed E-state index contributed by atoms with van der Waals surface area (Å²) in [7, 11) is 5.52. The molecule has 2 amide bonds. The van der Waals surface area contributed by atoms with Gasteiger partial charge in [-0.15, -0.1) is 0 Å². The SMILES string of the molecule is COc1ccc(C23CCC(NC(=O)Nc4cc(C)ccc4Cl)CC2N(C)CC3)cc1OC. The highest BCUT2D eigenvalue weighted by Crippen LogP contribution is 2.49. The number of aryl methyl sites for hydroxylation is 1. The lowest BCUT2D eigenvalue weighted by Gasteiger charge is -2.45. The van der Waals surface area contributed by atoms with Crippen molar-refractivity contribution < 1.29 is 14.3 Å². The number of nitrogens with zero attached hydrogens (tertiary/aromatic N) is 1. The topological polar surface area (TPSA) is 62.8 Å². The second kappa shape index (κ2) is 9.20. The van der Waals surface area contributed by atoms with Crippen molar-refractivity contribution in [3.8, 4) is 11.5 Å². The Labute approximate surface area is 195 Å². The van der Waals surface area contributed by atoms with Crippen LogP contribution in [-0.2, 0) is 5.41 Å². The van der Waals surface area contributed by atoms with Crippen LogP contribution in [0.2, 0.25) is 5.02 Å². The fraction of sp³-hybridized carbons (Fsp3) is 0.480. The van der Waals surface area contributed by atoms with Crippen molar-refractivity contribution in [2.24, 2.45) is 0 Å². The molecule has 6 nitrogen and oxygen atoms in total. The lowest BCUT2D eigenvalue weighted by Crippen LogP contribution is -2.52. The van der Waals surface area contributed by atoms with Crippen LogP contribution in [0.3, 0.4) is 0 Å². The van der Waals surface area contributed by atoms with Crippen molar-refractivity contribution in [2.75, 3.05) is 33.1 Å². The third kappa shape index (κ3) is 4.26. The van der Waals surface area contributed by atoms with Gasteiger partial charge in [-0.2, -0.15) is 0 Å². The van der Waals surface area contributed by atoms with Gasteiger partial charge in [0.1, 0.15) is 0 Å². The van der Waals surface area contributed by atoms with Crippen LogP contribution in [0, 0.1) is 6.92 Å². The zero-order chi connectivity index (χ0) is 22.9. The molecule has 1 saturated heterocycles. The summed E-state index contributed by atoms with van der Waals surface area (Å²) >= 11 is 6.24. The van der Waals surface area contributed by atoms with Gasteiger partial charge in [-0.3, -0.25) is 0 Å². The number of halogens is 1. The zero-order valence-electron chi connectivity index (χ0n) is 19.2. The number of fused-ring (bicyclic) bond motifs is 1. The van der Waals surface area contributed by atoms with Crippen molar-refractivity contribution in [1.29, 1.82) is 0 Å². The fourth-order valence-corrected chi connectivity index (χ4v) is 5.64. The molecule has 0 radical (unpaired) electrons. The standard InChI is InChI=1S/C25H32ClN3O3/c1-16-5-7-19(26)20(13-16)28-24(30)27-18-9-10-25(11-12-29(2)23(25)15-18)17-6-8-21(31-3)22(14-17)32-4/h5-8,13-14,18,23H,9-12,15H2,1-4H3,(H2,27,28,30). The van der Waals surface area contributed by atoms with E-state index in [0.29, 0.717) is 16.8 Å². The maximum absolute atomic E-state index is 12.7. The number of nitrogens with one attached hydrogen (secondary N) is 2. The van der Waals surface area contributed by atoms with Gasteiger partial charge in [-0.1, -0.05) is 23.7 Å². The minimum atomic E-state index is -0.207. The molecule has 2 aromatic carbocycles. The average molecular weight is 458 g/mol. The Hall–Kier alpha value is -2.44. The number of anilines is 1. The first-order valence-electron chi connectivity index (χ1n) is 11.1. The third-order valence-corrected chi connectivity index (χ3v) is 7.52. The highest BCUT2D eigenvalue weighted by Gasteiger charge is 2.50. The number of carbonyl (C=O) groups excluding carboxylic acids is 1. The third-order valence-electron chi connectivity index (χ3n) is 7.19. The number of methoxy groups -OCH3 is 2. The van der Waals surface area contributed by atoms with Crippen LogP contribution in [0.15, 0.2) is 36.4 Å². The number of urea groups is 1. The van der Waals surface area contributed by atoms with Crippen molar-refractivity contribution >= 4 is 23.3 Å². The molecule has 2 aliphatic rings. The van der Waals surface area contributed by atoms with E-state index in [1.54, 1.807) is 20.3 Å². The number of likely N-dealkylation sites (tertiary alicyclic amines) is 1. The average Bonchev–Trinajstić information content (AvgIpc) is 3.13. The Morgan fingerprint density at radius 1 is 1.12 bits per heavy atom. The van der Waals surface area contributed by atoms with E-state index in [-0.39, 0.29) is 17.5 Å². The lowest BCUT2D eigenvalue weighted by molar-refractivity contribution is 0.156. The summed E-state index contributed by atoms with van der Waals surface area (Å²) in [6, 6.07) is 12.2. The molecule has 4 rings (SSSR count). The van der Waals surface area contributed by atoms with Crippen LogP contribution in [0.1, 0.15) is 36.8 Å². The van der Waals surface area contributed by atoms with Gasteiger partial charge in [0.2, 0.25) is 0 Å². The molecule has 2 aromatic rings. The minimum Gasteiger partial charge on any atom is -0.493 e. The second-order valence-corrected chi connectivity index (χ2v) is 9.43. The first-order chi connectivity index (χ1) is 15.4. The van der Waals surface area contributed by atoms with Gasteiger partial charge in [-0.05, 0) is 81.6 Å². The van der Waals surface area contributed by atoms with Crippen LogP contribution >= 0.6 is 11.6 Å². The van der Waals surface area contributed by atoms with Crippen LogP contribution in [0.4, 0.5) is 10.5 Å². The van der Waals surface area contributed by atoms with Gasteiger partial charge in [0, 0.05) is 17.5 Å². The molecular weight excluding hydrogens is 426 g/mol. The molecule has 1 aliphatic heterocycles. The van der Waals surface area contributed by atoms with E-state index in [9.17, 15) is 4.79 Å². The molecule has 0 aromatic heterocycles. The Morgan fingerprint density at radius 2 is 1.91 bits per heavy atom. The van der Waals surface area contributed by atoms with E-state index >= 15 is 0 Å². The Kier molecular flexibility index (Phi) is 6.54. The fourth-order valence-electron chi connectivity index (χ4n) is 5.47. The summed E-state index contributed by atoms with van der Waals surface area (Å²) < 4.78 is 11.0. The molecule has 0 spiro atoms. The maximum atomic E-state index is 12.7. The molecule has 0 bridgehead atoms. The van der Waals surface area contributed by atoms with E-state index in [2.05, 4.69) is 34.7 Å². The summed E-state index contributed by atoms with van der Waals surface area (Å²) in [5, 5.41) is 6.63. The number of benzene rings is 2. The second-order valence-electron chi connectivity index (χ2n) is 9.03. The van der Waals surface area contributed by atoms with E-state index in [1.165, 1.54) is 5.56 Å². The molecule has 3 atom stereocenters. The number of rotatable bonds is 5. The van der Waals surface area contributed by atoms with Gasteiger partial charge in [0.25, 0.3) is 0 Å². The molecule has 172 valence electrons. The first-order valence-corrected chi connectivity index (χ1v) is 11.5. The number of carbonyl (C=O) groups is 1. The van der Waals surface area contributed by atoms with Crippen molar-refractivity contribution in [3.05, 3.63) is 52.5 Å². The molecule has 1 aliphatic carbocycles. The van der Waals surface area contributed by atoms with Gasteiger partial charge < -0.3 is 25.0 Å². The number of hydrogen-bond donors (Lipinski definition) is 2. The smallest absolute Gasteiger partial charge is 0.319 e. The molecule has 1 heterocycles. The number of ether oxygens (including phenoxy) is 2. The van der Waals surface area contributed by atoms with Crippen LogP contribution < -0.4 is 20.1 Å². The molecule has 1 saturated carbocycles. The number of likely N-dealkylation sites (N-methyl/N-ethyl adjacent to an activating group) is 1. The highest BCUT2D eigenvalue weighted by molar-refractivity contribution is 6.33. The lowest BCUT2D eigenvalue weighted by atomic mass is 9.65. The molecule has 3 unspecified atom stereocenters. The van der Waals surface area contributed by atoms with Gasteiger partial charge in [0.15, 0.2) is 11.5 Å². The molecule has 32 heavy (non-hydrogen) atoms. The normalized spacial score (nSPS) is 25.2. The number of hydrogen-bond acceptors (Lipinski definition) is 4. The molecule has 2 N–H and O–H groups in total. The Balaban J connectivity index is 1.49.